The monoisotopic (exact) mass is 269 g/mol. The predicted molar refractivity (Wildman–Crippen MR) is 81.6 cm³/mol. The zero-order chi connectivity index (χ0) is 13.9. The first-order chi connectivity index (χ1) is 9.74. The van der Waals surface area contributed by atoms with Crippen molar-refractivity contribution in [1.29, 1.82) is 0 Å². The molecule has 1 heterocycles. The van der Waals surface area contributed by atoms with Crippen LogP contribution in [0, 0.1) is 0 Å². The van der Waals surface area contributed by atoms with Crippen molar-refractivity contribution in [3.63, 3.8) is 0 Å². The second kappa shape index (κ2) is 5.80. The van der Waals surface area contributed by atoms with Crippen molar-refractivity contribution >= 4 is 0 Å². The molecule has 2 unspecified atom stereocenters. The molecule has 1 aliphatic carbocycles. The fourth-order valence-electron chi connectivity index (χ4n) is 3.09. The molecule has 0 saturated carbocycles. The van der Waals surface area contributed by atoms with Crippen molar-refractivity contribution < 1.29 is 0 Å². The van der Waals surface area contributed by atoms with Crippen molar-refractivity contribution in [2.75, 3.05) is 0 Å². The Labute approximate surface area is 120 Å². The molecule has 0 spiro atoms. The smallest absolute Gasteiger partial charge is 0.0534 e. The molecule has 1 aromatic carbocycles. The lowest BCUT2D eigenvalue weighted by molar-refractivity contribution is 0.494. The number of hydrogen-bond acceptors (Lipinski definition) is 2. The van der Waals surface area contributed by atoms with Gasteiger partial charge in [-0.25, -0.2) is 0 Å². The van der Waals surface area contributed by atoms with Crippen LogP contribution in [0.25, 0.3) is 0 Å². The number of rotatable bonds is 4. The van der Waals surface area contributed by atoms with Gasteiger partial charge in [-0.15, -0.1) is 0 Å². The lowest BCUT2D eigenvalue weighted by atomic mass is 9.89. The van der Waals surface area contributed by atoms with E-state index in [1.54, 1.807) is 11.1 Å². The van der Waals surface area contributed by atoms with Crippen LogP contribution < -0.4 is 5.32 Å². The number of hydrogen-bond donors (Lipinski definition) is 2. The highest BCUT2D eigenvalue weighted by Crippen LogP contribution is 2.26. The highest BCUT2D eigenvalue weighted by Gasteiger charge is 2.15. The highest BCUT2D eigenvalue weighted by molar-refractivity contribution is 5.35. The van der Waals surface area contributed by atoms with Gasteiger partial charge in [0.2, 0.25) is 0 Å². The van der Waals surface area contributed by atoms with Crippen LogP contribution in [-0.4, -0.2) is 10.2 Å². The second-order valence-corrected chi connectivity index (χ2v) is 5.88. The van der Waals surface area contributed by atoms with Gasteiger partial charge in [0.25, 0.3) is 0 Å². The third-order valence-electron chi connectivity index (χ3n) is 4.39. The summed E-state index contributed by atoms with van der Waals surface area (Å²) in [5.74, 6) is 0. The third-order valence-corrected chi connectivity index (χ3v) is 4.39. The molecule has 3 rings (SSSR count). The van der Waals surface area contributed by atoms with Gasteiger partial charge in [0.1, 0.15) is 0 Å². The molecule has 0 aliphatic heterocycles. The Morgan fingerprint density at radius 2 is 1.80 bits per heavy atom. The second-order valence-electron chi connectivity index (χ2n) is 5.88. The normalized spacial score (nSPS) is 17.5. The van der Waals surface area contributed by atoms with Gasteiger partial charge in [-0.3, -0.25) is 5.10 Å². The highest BCUT2D eigenvalue weighted by atomic mass is 15.1. The van der Waals surface area contributed by atoms with E-state index in [2.05, 4.69) is 47.6 Å². The molecule has 106 valence electrons. The molecule has 1 aliphatic rings. The van der Waals surface area contributed by atoms with Crippen molar-refractivity contribution in [3.05, 3.63) is 52.8 Å². The Morgan fingerprint density at radius 1 is 1.05 bits per heavy atom. The largest absolute Gasteiger partial charge is 0.304 e. The fraction of sp³-hybridized carbons (Fsp3) is 0.471. The van der Waals surface area contributed by atoms with Gasteiger partial charge in [0.05, 0.1) is 6.20 Å². The van der Waals surface area contributed by atoms with E-state index in [9.17, 15) is 0 Å². The van der Waals surface area contributed by atoms with E-state index in [0.29, 0.717) is 12.1 Å². The minimum atomic E-state index is 0.305. The summed E-state index contributed by atoms with van der Waals surface area (Å²) < 4.78 is 0. The van der Waals surface area contributed by atoms with Gasteiger partial charge in [-0.1, -0.05) is 18.2 Å². The third kappa shape index (κ3) is 2.78. The van der Waals surface area contributed by atoms with E-state index in [0.717, 1.165) is 0 Å². The van der Waals surface area contributed by atoms with E-state index >= 15 is 0 Å². The number of nitrogens with one attached hydrogen (secondary N) is 2. The van der Waals surface area contributed by atoms with Gasteiger partial charge in [-0.05, 0) is 56.2 Å². The van der Waals surface area contributed by atoms with Gasteiger partial charge in [0.15, 0.2) is 0 Å². The quantitative estimate of drug-likeness (QED) is 0.888. The molecule has 0 fully saturated rings. The summed E-state index contributed by atoms with van der Waals surface area (Å²) in [6.07, 6.45) is 9.02. The van der Waals surface area contributed by atoms with Crippen LogP contribution in [0.4, 0.5) is 0 Å². The minimum absolute atomic E-state index is 0.305. The molecule has 0 radical (unpaired) electrons. The number of aromatic nitrogens is 2. The Hall–Kier alpha value is -1.61. The first-order valence-corrected chi connectivity index (χ1v) is 7.60. The summed E-state index contributed by atoms with van der Waals surface area (Å²) in [5.41, 5.74) is 5.70. The van der Waals surface area contributed by atoms with Crippen molar-refractivity contribution in [1.82, 2.24) is 15.5 Å². The van der Waals surface area contributed by atoms with E-state index in [1.165, 1.54) is 36.8 Å². The van der Waals surface area contributed by atoms with Crippen LogP contribution in [0.15, 0.2) is 30.6 Å². The molecule has 0 bridgehead atoms. The molecular formula is C17H23N3. The van der Waals surface area contributed by atoms with Crippen LogP contribution >= 0.6 is 0 Å². The van der Waals surface area contributed by atoms with E-state index in [4.69, 9.17) is 0 Å². The lowest BCUT2D eigenvalue weighted by Crippen LogP contribution is -2.22. The zero-order valence-electron chi connectivity index (χ0n) is 12.3. The molecule has 2 atom stereocenters. The van der Waals surface area contributed by atoms with Gasteiger partial charge in [0, 0.05) is 23.8 Å². The molecule has 2 N–H and O–H groups in total. The van der Waals surface area contributed by atoms with Gasteiger partial charge < -0.3 is 5.32 Å². The summed E-state index contributed by atoms with van der Waals surface area (Å²) in [6, 6.07) is 7.66. The Balaban J connectivity index is 1.72. The van der Waals surface area contributed by atoms with E-state index in [-0.39, 0.29) is 0 Å². The molecule has 0 saturated heterocycles. The number of H-pyrrole nitrogens is 1. The predicted octanol–water partition coefficient (Wildman–Crippen LogP) is 3.70. The topological polar surface area (TPSA) is 40.7 Å². The molecule has 1 aromatic heterocycles. The summed E-state index contributed by atoms with van der Waals surface area (Å²) in [7, 11) is 0. The number of fused-ring (bicyclic) bond motifs is 1. The Morgan fingerprint density at radius 3 is 2.55 bits per heavy atom. The maximum absolute atomic E-state index is 4.02. The average molecular weight is 269 g/mol. The van der Waals surface area contributed by atoms with Crippen molar-refractivity contribution in [2.45, 2.75) is 51.6 Å². The summed E-state index contributed by atoms with van der Waals surface area (Å²) in [6.45, 7) is 4.42. The van der Waals surface area contributed by atoms with E-state index < -0.39 is 0 Å². The van der Waals surface area contributed by atoms with Crippen molar-refractivity contribution in [2.24, 2.45) is 0 Å². The zero-order valence-corrected chi connectivity index (χ0v) is 12.3. The maximum atomic E-state index is 4.02. The summed E-state index contributed by atoms with van der Waals surface area (Å²) >= 11 is 0. The number of aryl methyl sites for hydroxylation is 2. The number of nitrogens with zero attached hydrogens (tertiary/aromatic N) is 1. The van der Waals surface area contributed by atoms with Crippen LogP contribution in [-0.2, 0) is 12.8 Å². The first-order valence-electron chi connectivity index (χ1n) is 7.60. The SMILES string of the molecule is CC(NC(C)c1ccc2c(c1)CCCC2)c1cn[nH]c1. The minimum Gasteiger partial charge on any atom is -0.304 e. The number of benzene rings is 1. The van der Waals surface area contributed by atoms with Crippen LogP contribution in [0.1, 0.15) is 61.0 Å². The average Bonchev–Trinajstić information content (AvgIpc) is 3.01. The molecule has 20 heavy (non-hydrogen) atoms. The first kappa shape index (κ1) is 13.4. The summed E-state index contributed by atoms with van der Waals surface area (Å²) in [4.78, 5) is 0. The Kier molecular flexibility index (Phi) is 3.88. The maximum Gasteiger partial charge on any atom is 0.0534 e. The van der Waals surface area contributed by atoms with Crippen LogP contribution in [0.2, 0.25) is 0 Å². The molecular weight excluding hydrogens is 246 g/mol. The lowest BCUT2D eigenvalue weighted by Gasteiger charge is -2.22. The van der Waals surface area contributed by atoms with Crippen molar-refractivity contribution in [3.8, 4) is 0 Å². The fourth-order valence-corrected chi connectivity index (χ4v) is 3.09. The Bertz CT molecular complexity index is 560. The molecule has 0 amide bonds. The molecule has 3 nitrogen and oxygen atoms in total. The van der Waals surface area contributed by atoms with Gasteiger partial charge in [-0.2, -0.15) is 5.10 Å². The number of aromatic amines is 1. The molecule has 2 aromatic rings. The van der Waals surface area contributed by atoms with Crippen LogP contribution in [0.3, 0.4) is 0 Å². The molecule has 3 heteroatoms. The van der Waals surface area contributed by atoms with E-state index in [1.807, 2.05) is 12.4 Å². The standard InChI is InChI=1S/C17H23N3/c1-12(20-13(2)17-10-18-19-11-17)15-8-7-14-5-3-4-6-16(14)9-15/h7-13,20H,3-6H2,1-2H3,(H,18,19). The van der Waals surface area contributed by atoms with Crippen LogP contribution in [0.5, 0.6) is 0 Å². The van der Waals surface area contributed by atoms with Gasteiger partial charge >= 0.3 is 0 Å². The summed E-state index contributed by atoms with van der Waals surface area (Å²) in [5, 5.41) is 10.5.